The maximum Gasteiger partial charge on any atom is 0.322 e. The normalized spacial score (nSPS) is 10.6. The second kappa shape index (κ2) is 6.96. The molecule has 0 aliphatic rings. The number of hydrogen-bond donors (Lipinski definition) is 1. The smallest absolute Gasteiger partial charge is 0.322 e. The number of aryl methyl sites for hydroxylation is 1. The van der Waals surface area contributed by atoms with Gasteiger partial charge in [0.05, 0.1) is 0 Å². The fraction of sp³-hybridized carbons (Fsp3) is 0.333. The SMILES string of the molecule is CCCNCc1cnc(Oc2ccccc2F)nc1C. The topological polar surface area (TPSA) is 47.0 Å². The van der Waals surface area contributed by atoms with Gasteiger partial charge < -0.3 is 10.1 Å². The summed E-state index contributed by atoms with van der Waals surface area (Å²) in [6.45, 7) is 5.67. The van der Waals surface area contributed by atoms with Crippen LogP contribution in [0.3, 0.4) is 0 Å². The lowest BCUT2D eigenvalue weighted by atomic mass is 10.2. The van der Waals surface area contributed by atoms with Gasteiger partial charge in [0.25, 0.3) is 0 Å². The maximum absolute atomic E-state index is 13.5. The predicted octanol–water partition coefficient (Wildman–Crippen LogP) is 3.22. The van der Waals surface area contributed by atoms with Gasteiger partial charge in [0.2, 0.25) is 0 Å². The molecule has 1 heterocycles. The van der Waals surface area contributed by atoms with Crippen LogP contribution in [-0.4, -0.2) is 16.5 Å². The molecule has 4 nitrogen and oxygen atoms in total. The first-order chi connectivity index (χ1) is 9.70. The van der Waals surface area contributed by atoms with Gasteiger partial charge >= 0.3 is 6.01 Å². The molecule has 0 radical (unpaired) electrons. The molecule has 0 unspecified atom stereocenters. The third-order valence-electron chi connectivity index (χ3n) is 2.84. The van der Waals surface area contributed by atoms with E-state index in [1.165, 1.54) is 6.07 Å². The lowest BCUT2D eigenvalue weighted by Crippen LogP contribution is -2.15. The molecule has 1 aromatic heterocycles. The molecule has 0 saturated heterocycles. The van der Waals surface area contributed by atoms with Crippen LogP contribution < -0.4 is 10.1 Å². The van der Waals surface area contributed by atoms with E-state index in [1.54, 1.807) is 24.4 Å². The minimum Gasteiger partial charge on any atom is -0.421 e. The number of benzene rings is 1. The van der Waals surface area contributed by atoms with Crippen LogP contribution in [0.15, 0.2) is 30.5 Å². The molecule has 2 aromatic rings. The Morgan fingerprint density at radius 3 is 2.80 bits per heavy atom. The Bertz CT molecular complexity index is 575. The summed E-state index contributed by atoms with van der Waals surface area (Å²) in [5.74, 6) is -0.300. The van der Waals surface area contributed by atoms with E-state index in [1.807, 2.05) is 6.92 Å². The Balaban J connectivity index is 2.07. The zero-order valence-corrected chi connectivity index (χ0v) is 11.7. The number of aromatic nitrogens is 2. The van der Waals surface area contributed by atoms with Gasteiger partial charge in [-0.25, -0.2) is 9.37 Å². The van der Waals surface area contributed by atoms with Crippen molar-refractivity contribution in [2.45, 2.75) is 26.8 Å². The molecule has 1 aromatic carbocycles. The van der Waals surface area contributed by atoms with Gasteiger partial charge in [0, 0.05) is 24.0 Å². The van der Waals surface area contributed by atoms with Crippen molar-refractivity contribution in [1.29, 1.82) is 0 Å². The van der Waals surface area contributed by atoms with Gasteiger partial charge in [-0.15, -0.1) is 0 Å². The van der Waals surface area contributed by atoms with E-state index in [9.17, 15) is 4.39 Å². The highest BCUT2D eigenvalue weighted by molar-refractivity contribution is 5.27. The molecule has 0 fully saturated rings. The monoisotopic (exact) mass is 275 g/mol. The van der Waals surface area contributed by atoms with Crippen molar-refractivity contribution < 1.29 is 9.13 Å². The highest BCUT2D eigenvalue weighted by Crippen LogP contribution is 2.21. The molecule has 0 bridgehead atoms. The highest BCUT2D eigenvalue weighted by atomic mass is 19.1. The van der Waals surface area contributed by atoms with Gasteiger partial charge in [0.1, 0.15) is 0 Å². The zero-order valence-electron chi connectivity index (χ0n) is 11.7. The molecule has 0 atom stereocenters. The first-order valence-corrected chi connectivity index (χ1v) is 6.66. The van der Waals surface area contributed by atoms with Crippen molar-refractivity contribution in [2.75, 3.05) is 6.54 Å². The number of hydrogen-bond acceptors (Lipinski definition) is 4. The van der Waals surface area contributed by atoms with Crippen LogP contribution in [-0.2, 0) is 6.54 Å². The molecule has 106 valence electrons. The van der Waals surface area contributed by atoms with Crippen LogP contribution in [0.4, 0.5) is 4.39 Å². The van der Waals surface area contributed by atoms with Crippen LogP contribution in [0.2, 0.25) is 0 Å². The largest absolute Gasteiger partial charge is 0.421 e. The molecular formula is C15H18FN3O. The van der Waals surface area contributed by atoms with Gasteiger partial charge in [-0.1, -0.05) is 19.1 Å². The summed E-state index contributed by atoms with van der Waals surface area (Å²) >= 11 is 0. The minimum atomic E-state index is -0.428. The average Bonchev–Trinajstić information content (AvgIpc) is 2.44. The van der Waals surface area contributed by atoms with Gasteiger partial charge in [0.15, 0.2) is 11.6 Å². The number of para-hydroxylation sites is 1. The zero-order chi connectivity index (χ0) is 14.4. The van der Waals surface area contributed by atoms with Crippen molar-refractivity contribution in [3.05, 3.63) is 47.5 Å². The molecule has 0 saturated carbocycles. The van der Waals surface area contributed by atoms with Gasteiger partial charge in [-0.05, 0) is 32.0 Å². The van der Waals surface area contributed by atoms with Crippen LogP contribution in [0.5, 0.6) is 11.8 Å². The summed E-state index contributed by atoms with van der Waals surface area (Å²) in [6.07, 6.45) is 2.79. The van der Waals surface area contributed by atoms with E-state index in [0.717, 1.165) is 30.8 Å². The van der Waals surface area contributed by atoms with Gasteiger partial charge in [-0.3, -0.25) is 0 Å². The van der Waals surface area contributed by atoms with Crippen molar-refractivity contribution in [3.8, 4) is 11.8 Å². The summed E-state index contributed by atoms with van der Waals surface area (Å²) in [6, 6.07) is 6.35. The van der Waals surface area contributed by atoms with E-state index in [-0.39, 0.29) is 11.8 Å². The molecule has 20 heavy (non-hydrogen) atoms. The molecule has 2 rings (SSSR count). The quantitative estimate of drug-likeness (QED) is 0.822. The Morgan fingerprint density at radius 1 is 1.30 bits per heavy atom. The number of rotatable bonds is 6. The number of halogens is 1. The number of ether oxygens (including phenoxy) is 1. The molecular weight excluding hydrogens is 257 g/mol. The Morgan fingerprint density at radius 2 is 2.10 bits per heavy atom. The number of nitrogens with one attached hydrogen (secondary N) is 1. The standard InChI is InChI=1S/C15H18FN3O/c1-3-8-17-9-12-10-18-15(19-11(12)2)20-14-7-5-4-6-13(14)16/h4-7,10,17H,3,8-9H2,1-2H3. The summed E-state index contributed by atoms with van der Waals surface area (Å²) in [5.41, 5.74) is 1.84. The third-order valence-corrected chi connectivity index (χ3v) is 2.84. The van der Waals surface area contributed by atoms with Crippen LogP contribution in [0.1, 0.15) is 24.6 Å². The fourth-order valence-corrected chi connectivity index (χ4v) is 1.72. The summed E-state index contributed by atoms with van der Waals surface area (Å²) in [7, 11) is 0. The molecule has 0 aliphatic carbocycles. The molecule has 0 aliphatic heterocycles. The van der Waals surface area contributed by atoms with Crippen molar-refractivity contribution in [1.82, 2.24) is 15.3 Å². The van der Waals surface area contributed by atoms with E-state index in [4.69, 9.17) is 4.74 Å². The highest BCUT2D eigenvalue weighted by Gasteiger charge is 2.08. The Kier molecular flexibility index (Phi) is 5.01. The lowest BCUT2D eigenvalue weighted by molar-refractivity contribution is 0.409. The average molecular weight is 275 g/mol. The van der Waals surface area contributed by atoms with E-state index >= 15 is 0 Å². The summed E-state index contributed by atoms with van der Waals surface area (Å²) in [5, 5.41) is 3.29. The van der Waals surface area contributed by atoms with Crippen molar-refractivity contribution >= 4 is 0 Å². The lowest BCUT2D eigenvalue weighted by Gasteiger charge is -2.09. The minimum absolute atomic E-state index is 0.128. The number of nitrogens with zero attached hydrogens (tertiary/aromatic N) is 2. The fourth-order valence-electron chi connectivity index (χ4n) is 1.72. The Hall–Kier alpha value is -2.01. The first kappa shape index (κ1) is 14.4. The molecule has 1 N–H and O–H groups in total. The van der Waals surface area contributed by atoms with Crippen molar-refractivity contribution in [3.63, 3.8) is 0 Å². The van der Waals surface area contributed by atoms with Crippen LogP contribution in [0.25, 0.3) is 0 Å². The third kappa shape index (κ3) is 3.74. The second-order valence-electron chi connectivity index (χ2n) is 4.47. The van der Waals surface area contributed by atoms with Gasteiger partial charge in [-0.2, -0.15) is 4.98 Å². The predicted molar refractivity (Wildman–Crippen MR) is 75.2 cm³/mol. The Labute approximate surface area is 118 Å². The molecule has 0 spiro atoms. The van der Waals surface area contributed by atoms with Crippen LogP contribution in [0, 0.1) is 12.7 Å². The van der Waals surface area contributed by atoms with E-state index < -0.39 is 5.82 Å². The van der Waals surface area contributed by atoms with Crippen LogP contribution >= 0.6 is 0 Å². The molecule has 5 heteroatoms. The maximum atomic E-state index is 13.5. The van der Waals surface area contributed by atoms with E-state index in [2.05, 4.69) is 22.2 Å². The summed E-state index contributed by atoms with van der Waals surface area (Å²) < 4.78 is 18.8. The second-order valence-corrected chi connectivity index (χ2v) is 4.47. The van der Waals surface area contributed by atoms with E-state index in [0.29, 0.717) is 0 Å². The molecule has 0 amide bonds. The summed E-state index contributed by atoms with van der Waals surface area (Å²) in [4.78, 5) is 8.36. The first-order valence-electron chi connectivity index (χ1n) is 6.66. The van der Waals surface area contributed by atoms with Crippen molar-refractivity contribution in [2.24, 2.45) is 0 Å².